The topological polar surface area (TPSA) is 108 Å². The number of rotatable bonds is 9. The number of ether oxygens (including phenoxy) is 2. The van der Waals surface area contributed by atoms with Crippen LogP contribution < -0.4 is 4.74 Å². The minimum atomic E-state index is -0.471. The SMILES string of the molecule is CCOc1ccc(-c2noc(CCC(=O)N(C)Cc3cc(C(=O)OC)c(C)o3)n2)cc1. The average Bonchev–Trinajstić information content (AvgIpc) is 3.38. The summed E-state index contributed by atoms with van der Waals surface area (Å²) in [6, 6.07) is 8.98. The van der Waals surface area contributed by atoms with Crippen molar-refractivity contribution in [2.75, 3.05) is 20.8 Å². The average molecular weight is 427 g/mol. The van der Waals surface area contributed by atoms with E-state index in [0.717, 1.165) is 11.3 Å². The highest BCUT2D eigenvalue weighted by molar-refractivity contribution is 5.90. The van der Waals surface area contributed by atoms with Crippen LogP contribution >= 0.6 is 0 Å². The molecule has 0 aliphatic rings. The molecule has 0 atom stereocenters. The third kappa shape index (κ3) is 5.50. The van der Waals surface area contributed by atoms with Crippen molar-refractivity contribution in [1.29, 1.82) is 0 Å². The molecule has 0 fully saturated rings. The lowest BCUT2D eigenvalue weighted by atomic mass is 10.2. The maximum absolute atomic E-state index is 12.5. The van der Waals surface area contributed by atoms with Crippen molar-refractivity contribution in [3.63, 3.8) is 0 Å². The third-order valence-corrected chi connectivity index (χ3v) is 4.64. The van der Waals surface area contributed by atoms with Crippen LogP contribution in [0.1, 0.15) is 41.1 Å². The number of aryl methyl sites for hydroxylation is 2. The van der Waals surface area contributed by atoms with E-state index in [-0.39, 0.29) is 18.9 Å². The molecule has 164 valence electrons. The van der Waals surface area contributed by atoms with E-state index in [0.29, 0.717) is 41.8 Å². The molecule has 1 amide bonds. The van der Waals surface area contributed by atoms with E-state index < -0.39 is 5.97 Å². The maximum atomic E-state index is 12.5. The highest BCUT2D eigenvalue weighted by Gasteiger charge is 2.19. The molecule has 1 aromatic carbocycles. The van der Waals surface area contributed by atoms with Gasteiger partial charge < -0.3 is 23.3 Å². The van der Waals surface area contributed by atoms with Gasteiger partial charge in [-0.3, -0.25) is 4.79 Å². The number of aromatic nitrogens is 2. The minimum Gasteiger partial charge on any atom is -0.494 e. The molecular weight excluding hydrogens is 402 g/mol. The molecule has 0 saturated carbocycles. The second kappa shape index (κ2) is 9.92. The van der Waals surface area contributed by atoms with Crippen LogP contribution in [-0.4, -0.2) is 47.7 Å². The van der Waals surface area contributed by atoms with Gasteiger partial charge in [0.05, 0.1) is 20.3 Å². The lowest BCUT2D eigenvalue weighted by molar-refractivity contribution is -0.130. The highest BCUT2D eigenvalue weighted by Crippen LogP contribution is 2.21. The quantitative estimate of drug-likeness (QED) is 0.478. The smallest absolute Gasteiger partial charge is 0.341 e. The predicted molar refractivity (Wildman–Crippen MR) is 110 cm³/mol. The van der Waals surface area contributed by atoms with E-state index in [2.05, 4.69) is 10.1 Å². The van der Waals surface area contributed by atoms with E-state index in [4.69, 9.17) is 18.4 Å². The molecule has 0 radical (unpaired) electrons. The molecule has 0 N–H and O–H groups in total. The standard InChI is InChI=1S/C22H25N3O6/c1-5-29-16-8-6-15(7-9-16)21-23-19(31-24-21)10-11-20(26)25(3)13-17-12-18(14(2)30-17)22(27)28-4/h6-9,12H,5,10-11,13H2,1-4H3. The van der Waals surface area contributed by atoms with Gasteiger partial charge in [0, 0.05) is 25.5 Å². The Morgan fingerprint density at radius 1 is 1.19 bits per heavy atom. The molecule has 0 aliphatic carbocycles. The van der Waals surface area contributed by atoms with Gasteiger partial charge >= 0.3 is 5.97 Å². The molecule has 31 heavy (non-hydrogen) atoms. The van der Waals surface area contributed by atoms with Crippen LogP contribution in [0.5, 0.6) is 5.75 Å². The molecule has 2 heterocycles. The monoisotopic (exact) mass is 427 g/mol. The van der Waals surface area contributed by atoms with Crippen molar-refractivity contribution in [2.45, 2.75) is 33.2 Å². The molecule has 0 spiro atoms. The van der Waals surface area contributed by atoms with Gasteiger partial charge in [0.1, 0.15) is 22.8 Å². The summed E-state index contributed by atoms with van der Waals surface area (Å²) in [7, 11) is 2.97. The number of methoxy groups -OCH3 is 1. The Labute approximate surface area is 179 Å². The number of hydrogen-bond acceptors (Lipinski definition) is 8. The van der Waals surface area contributed by atoms with Gasteiger partial charge in [0.2, 0.25) is 17.6 Å². The van der Waals surface area contributed by atoms with Gasteiger partial charge in [-0.2, -0.15) is 4.98 Å². The van der Waals surface area contributed by atoms with Crippen LogP contribution in [0.15, 0.2) is 39.3 Å². The van der Waals surface area contributed by atoms with Crippen molar-refractivity contribution in [1.82, 2.24) is 15.0 Å². The van der Waals surface area contributed by atoms with Crippen LogP contribution in [0.4, 0.5) is 0 Å². The van der Waals surface area contributed by atoms with Crippen LogP contribution in [0.3, 0.4) is 0 Å². The van der Waals surface area contributed by atoms with Gasteiger partial charge in [-0.15, -0.1) is 0 Å². The zero-order valence-corrected chi connectivity index (χ0v) is 18.0. The number of benzene rings is 1. The molecule has 2 aromatic heterocycles. The van der Waals surface area contributed by atoms with Crippen molar-refractivity contribution >= 4 is 11.9 Å². The zero-order chi connectivity index (χ0) is 22.4. The Hall–Kier alpha value is -3.62. The largest absolute Gasteiger partial charge is 0.494 e. The Balaban J connectivity index is 1.54. The molecule has 0 unspecified atom stereocenters. The number of carbonyl (C=O) groups excluding carboxylic acids is 2. The molecule has 0 aliphatic heterocycles. The van der Waals surface area contributed by atoms with Gasteiger partial charge in [-0.25, -0.2) is 4.79 Å². The van der Waals surface area contributed by atoms with Crippen molar-refractivity contribution in [3.8, 4) is 17.1 Å². The Kier molecular flexibility index (Phi) is 7.07. The number of hydrogen-bond donors (Lipinski definition) is 0. The van der Waals surface area contributed by atoms with Gasteiger partial charge in [-0.1, -0.05) is 5.16 Å². The Morgan fingerprint density at radius 2 is 1.94 bits per heavy atom. The third-order valence-electron chi connectivity index (χ3n) is 4.64. The molecular formula is C22H25N3O6. The summed E-state index contributed by atoms with van der Waals surface area (Å²) in [5.74, 6) is 1.98. The summed E-state index contributed by atoms with van der Waals surface area (Å²) in [4.78, 5) is 30.0. The lowest BCUT2D eigenvalue weighted by Crippen LogP contribution is -2.26. The fourth-order valence-corrected chi connectivity index (χ4v) is 3.00. The molecule has 9 heteroatoms. The van der Waals surface area contributed by atoms with E-state index >= 15 is 0 Å². The fraction of sp³-hybridized carbons (Fsp3) is 0.364. The Morgan fingerprint density at radius 3 is 2.61 bits per heavy atom. The summed E-state index contributed by atoms with van der Waals surface area (Å²) < 4.78 is 21.0. The summed E-state index contributed by atoms with van der Waals surface area (Å²) in [5, 5.41) is 3.98. The summed E-state index contributed by atoms with van der Waals surface area (Å²) >= 11 is 0. The van der Waals surface area contributed by atoms with Gasteiger partial charge in [0.25, 0.3) is 0 Å². The number of carbonyl (C=O) groups is 2. The number of esters is 1. The second-order valence-corrected chi connectivity index (χ2v) is 6.89. The molecule has 3 aromatic rings. The zero-order valence-electron chi connectivity index (χ0n) is 18.0. The van der Waals surface area contributed by atoms with Crippen molar-refractivity contribution in [2.24, 2.45) is 0 Å². The molecule has 0 saturated heterocycles. The fourth-order valence-electron chi connectivity index (χ4n) is 3.00. The first-order valence-electron chi connectivity index (χ1n) is 9.88. The van der Waals surface area contributed by atoms with E-state index in [1.165, 1.54) is 12.0 Å². The molecule has 9 nitrogen and oxygen atoms in total. The first-order chi connectivity index (χ1) is 14.9. The number of amides is 1. The molecule has 3 rings (SSSR count). The van der Waals surface area contributed by atoms with Crippen molar-refractivity contribution < 1.29 is 28.0 Å². The van der Waals surface area contributed by atoms with Crippen LogP contribution in [0, 0.1) is 6.92 Å². The lowest BCUT2D eigenvalue weighted by Gasteiger charge is -2.14. The van der Waals surface area contributed by atoms with Gasteiger partial charge in [-0.05, 0) is 44.2 Å². The maximum Gasteiger partial charge on any atom is 0.341 e. The second-order valence-electron chi connectivity index (χ2n) is 6.89. The first kappa shape index (κ1) is 22.1. The molecule has 0 bridgehead atoms. The summed E-state index contributed by atoms with van der Waals surface area (Å²) in [6.07, 6.45) is 0.517. The van der Waals surface area contributed by atoms with E-state index in [1.54, 1.807) is 20.0 Å². The van der Waals surface area contributed by atoms with E-state index in [9.17, 15) is 9.59 Å². The van der Waals surface area contributed by atoms with Gasteiger partial charge in [0.15, 0.2) is 0 Å². The number of furan rings is 1. The van der Waals surface area contributed by atoms with Crippen molar-refractivity contribution in [3.05, 3.63) is 53.3 Å². The van der Waals surface area contributed by atoms with Crippen LogP contribution in [0.2, 0.25) is 0 Å². The van der Waals surface area contributed by atoms with Crippen LogP contribution in [0.25, 0.3) is 11.4 Å². The highest BCUT2D eigenvalue weighted by atomic mass is 16.5. The first-order valence-corrected chi connectivity index (χ1v) is 9.88. The van der Waals surface area contributed by atoms with Crippen LogP contribution in [-0.2, 0) is 22.5 Å². The predicted octanol–water partition coefficient (Wildman–Crippen LogP) is 3.41. The summed E-state index contributed by atoms with van der Waals surface area (Å²) in [5.41, 5.74) is 1.16. The van der Waals surface area contributed by atoms with E-state index in [1.807, 2.05) is 31.2 Å². The normalized spacial score (nSPS) is 10.7. The Bertz CT molecular complexity index is 1040. The number of nitrogens with zero attached hydrogens (tertiary/aromatic N) is 3. The minimum absolute atomic E-state index is 0.116. The summed E-state index contributed by atoms with van der Waals surface area (Å²) in [6.45, 7) is 4.43.